The van der Waals surface area contributed by atoms with Gasteiger partial charge in [0, 0.05) is 18.9 Å². The van der Waals surface area contributed by atoms with E-state index in [-0.39, 0.29) is 23.5 Å². The Morgan fingerprint density at radius 2 is 1.95 bits per heavy atom. The van der Waals surface area contributed by atoms with E-state index < -0.39 is 17.8 Å². The summed E-state index contributed by atoms with van der Waals surface area (Å²) >= 11 is 0. The highest BCUT2D eigenvalue weighted by Crippen LogP contribution is 2.29. The molecule has 0 radical (unpaired) electrons. The molecule has 1 saturated carbocycles. The van der Waals surface area contributed by atoms with Crippen molar-refractivity contribution < 1.29 is 27.8 Å². The van der Waals surface area contributed by atoms with Crippen molar-refractivity contribution in [1.82, 2.24) is 9.97 Å². The van der Waals surface area contributed by atoms with Crippen LogP contribution in [0.15, 0.2) is 12.6 Å². The summed E-state index contributed by atoms with van der Waals surface area (Å²) in [5.74, 6) is -2.19. The standard InChI is InChI=1S/C13H13F3N2O3/c1-7(19)10-6-11(18-12(17-10)13(14,15)16)21-9-4-2-8(20)3-5-9/h6,9,19H,1-5H2. The first-order valence-electron chi connectivity index (χ1n) is 6.28. The molecule has 21 heavy (non-hydrogen) atoms. The summed E-state index contributed by atoms with van der Waals surface area (Å²) in [6, 6.07) is 1.09. The molecule has 5 nitrogen and oxygen atoms in total. The van der Waals surface area contributed by atoms with Crippen molar-refractivity contribution in [2.45, 2.75) is 38.0 Å². The lowest BCUT2D eigenvalue weighted by Crippen LogP contribution is -2.25. The Morgan fingerprint density at radius 3 is 2.48 bits per heavy atom. The predicted octanol–water partition coefficient (Wildman–Crippen LogP) is 2.91. The fourth-order valence-electron chi connectivity index (χ4n) is 1.96. The zero-order valence-electron chi connectivity index (χ0n) is 11.0. The molecule has 2 rings (SSSR count). The van der Waals surface area contributed by atoms with Crippen LogP contribution in [0.2, 0.25) is 0 Å². The molecule has 1 aromatic heterocycles. The van der Waals surface area contributed by atoms with Crippen molar-refractivity contribution in [3.8, 4) is 5.88 Å². The Balaban J connectivity index is 2.24. The smallest absolute Gasteiger partial charge is 0.451 e. The maximum Gasteiger partial charge on any atom is 0.451 e. The third-order valence-electron chi connectivity index (χ3n) is 3.03. The van der Waals surface area contributed by atoms with E-state index in [9.17, 15) is 23.1 Å². The highest BCUT2D eigenvalue weighted by Gasteiger charge is 2.36. The molecule has 1 heterocycles. The molecular formula is C13H13F3N2O3. The number of nitrogens with zero attached hydrogens (tertiary/aromatic N) is 2. The van der Waals surface area contributed by atoms with Gasteiger partial charge in [0.05, 0.1) is 0 Å². The maximum atomic E-state index is 12.7. The first kappa shape index (κ1) is 15.3. The van der Waals surface area contributed by atoms with Gasteiger partial charge in [-0.15, -0.1) is 0 Å². The number of carbonyl (C=O) groups excluding carboxylic acids is 1. The van der Waals surface area contributed by atoms with Crippen LogP contribution in [0.3, 0.4) is 0 Å². The SMILES string of the molecule is C=C(O)c1cc(OC2CCC(=O)CC2)nc(C(F)(F)F)n1. The lowest BCUT2D eigenvalue weighted by molar-refractivity contribution is -0.145. The molecule has 8 heteroatoms. The quantitative estimate of drug-likeness (QED) is 0.869. The highest BCUT2D eigenvalue weighted by molar-refractivity contribution is 5.79. The minimum atomic E-state index is -4.76. The maximum absolute atomic E-state index is 12.7. The number of rotatable bonds is 3. The van der Waals surface area contributed by atoms with Crippen LogP contribution in [0.4, 0.5) is 13.2 Å². The van der Waals surface area contributed by atoms with Crippen molar-refractivity contribution in [2.75, 3.05) is 0 Å². The molecule has 0 aliphatic heterocycles. The van der Waals surface area contributed by atoms with Crippen molar-refractivity contribution in [3.63, 3.8) is 0 Å². The van der Waals surface area contributed by atoms with Crippen LogP contribution in [-0.2, 0) is 11.0 Å². The molecule has 114 valence electrons. The van der Waals surface area contributed by atoms with E-state index >= 15 is 0 Å². The van der Waals surface area contributed by atoms with Gasteiger partial charge in [0.25, 0.3) is 0 Å². The van der Waals surface area contributed by atoms with E-state index in [0.29, 0.717) is 25.7 Å². The topological polar surface area (TPSA) is 72.3 Å². The van der Waals surface area contributed by atoms with Crippen LogP contribution in [0.25, 0.3) is 5.76 Å². The van der Waals surface area contributed by atoms with Crippen LogP contribution in [0.5, 0.6) is 5.88 Å². The number of ether oxygens (including phenoxy) is 1. The number of hydrogen-bond acceptors (Lipinski definition) is 5. The molecule has 1 fully saturated rings. The number of aliphatic hydroxyl groups is 1. The molecule has 0 spiro atoms. The first-order valence-corrected chi connectivity index (χ1v) is 6.28. The first-order chi connectivity index (χ1) is 9.75. The molecule has 0 amide bonds. The summed E-state index contributed by atoms with van der Waals surface area (Å²) in [5, 5.41) is 9.23. The average molecular weight is 302 g/mol. The van der Waals surface area contributed by atoms with E-state index in [1.165, 1.54) is 0 Å². The number of Topliss-reactive ketones (excluding diaryl/α,β-unsaturated/α-hetero) is 1. The minimum absolute atomic E-state index is 0.109. The predicted molar refractivity (Wildman–Crippen MR) is 66.6 cm³/mol. The fourth-order valence-corrected chi connectivity index (χ4v) is 1.96. The van der Waals surface area contributed by atoms with Gasteiger partial charge in [-0.2, -0.15) is 18.2 Å². The normalized spacial score (nSPS) is 16.8. The van der Waals surface area contributed by atoms with Crippen LogP contribution in [0, 0.1) is 0 Å². The van der Waals surface area contributed by atoms with E-state index in [1.807, 2.05) is 0 Å². The molecule has 0 unspecified atom stereocenters. The lowest BCUT2D eigenvalue weighted by Gasteiger charge is -2.22. The molecule has 1 N–H and O–H groups in total. The van der Waals surface area contributed by atoms with Crippen LogP contribution in [-0.4, -0.2) is 27.0 Å². The van der Waals surface area contributed by atoms with Gasteiger partial charge in [-0.25, -0.2) is 4.98 Å². The Bertz CT molecular complexity index is 562. The zero-order valence-corrected chi connectivity index (χ0v) is 11.0. The summed E-state index contributed by atoms with van der Waals surface area (Å²) in [7, 11) is 0. The third-order valence-corrected chi connectivity index (χ3v) is 3.03. The Morgan fingerprint density at radius 1 is 1.33 bits per heavy atom. The Kier molecular flexibility index (Phi) is 4.15. The summed E-state index contributed by atoms with van der Waals surface area (Å²) in [6.45, 7) is 3.14. The number of hydrogen-bond donors (Lipinski definition) is 1. The highest BCUT2D eigenvalue weighted by atomic mass is 19.4. The van der Waals surface area contributed by atoms with Crippen LogP contribution in [0.1, 0.15) is 37.2 Å². The van der Waals surface area contributed by atoms with Crippen molar-refractivity contribution in [2.24, 2.45) is 0 Å². The van der Waals surface area contributed by atoms with Gasteiger partial charge in [-0.1, -0.05) is 6.58 Å². The second kappa shape index (κ2) is 5.71. The van der Waals surface area contributed by atoms with E-state index in [1.54, 1.807) is 0 Å². The minimum Gasteiger partial charge on any atom is -0.506 e. The number of alkyl halides is 3. The van der Waals surface area contributed by atoms with Gasteiger partial charge in [0.15, 0.2) is 0 Å². The number of ketones is 1. The Labute approximate surface area is 118 Å². The monoisotopic (exact) mass is 302 g/mol. The second-order valence-corrected chi connectivity index (χ2v) is 4.72. The third kappa shape index (κ3) is 3.93. The van der Waals surface area contributed by atoms with Gasteiger partial charge >= 0.3 is 6.18 Å². The zero-order chi connectivity index (χ0) is 15.6. The lowest BCUT2D eigenvalue weighted by atomic mass is 9.96. The second-order valence-electron chi connectivity index (χ2n) is 4.72. The molecule has 1 aliphatic carbocycles. The molecule has 1 aliphatic rings. The summed E-state index contributed by atoms with van der Waals surface area (Å²) < 4.78 is 43.5. The van der Waals surface area contributed by atoms with Gasteiger partial charge in [0.1, 0.15) is 23.3 Å². The fraction of sp³-hybridized carbons (Fsp3) is 0.462. The number of aromatic nitrogens is 2. The van der Waals surface area contributed by atoms with Crippen LogP contribution < -0.4 is 4.74 Å². The largest absolute Gasteiger partial charge is 0.506 e. The molecule has 0 atom stereocenters. The molecule has 0 bridgehead atoms. The molecule has 0 aromatic carbocycles. The van der Waals surface area contributed by atoms with Gasteiger partial charge < -0.3 is 9.84 Å². The number of halogens is 3. The molecular weight excluding hydrogens is 289 g/mol. The summed E-state index contributed by atoms with van der Waals surface area (Å²) in [4.78, 5) is 17.6. The van der Waals surface area contributed by atoms with E-state index in [0.717, 1.165) is 6.07 Å². The van der Waals surface area contributed by atoms with Crippen molar-refractivity contribution >= 4 is 11.5 Å². The van der Waals surface area contributed by atoms with Gasteiger partial charge in [0.2, 0.25) is 11.7 Å². The summed E-state index contributed by atoms with van der Waals surface area (Å²) in [6.07, 6.45) is -3.60. The Hall–Kier alpha value is -2.12. The van der Waals surface area contributed by atoms with Crippen LogP contribution >= 0.6 is 0 Å². The summed E-state index contributed by atoms with van der Waals surface area (Å²) in [5.41, 5.74) is -0.348. The number of aliphatic hydroxyl groups excluding tert-OH is 1. The number of carbonyl (C=O) groups is 1. The van der Waals surface area contributed by atoms with E-state index in [4.69, 9.17) is 4.74 Å². The average Bonchev–Trinajstić information content (AvgIpc) is 2.40. The van der Waals surface area contributed by atoms with Gasteiger partial charge in [-0.3, -0.25) is 4.79 Å². The van der Waals surface area contributed by atoms with Crippen molar-refractivity contribution in [3.05, 3.63) is 24.2 Å². The van der Waals surface area contributed by atoms with Gasteiger partial charge in [-0.05, 0) is 12.8 Å². The molecule has 0 saturated heterocycles. The van der Waals surface area contributed by atoms with Crippen molar-refractivity contribution in [1.29, 1.82) is 0 Å². The molecule has 1 aromatic rings. The van der Waals surface area contributed by atoms with E-state index in [2.05, 4.69) is 16.5 Å².